The largest absolute Gasteiger partial charge is 0.402 e. The van der Waals surface area contributed by atoms with Gasteiger partial charge in [-0.05, 0) is 40.2 Å². The van der Waals surface area contributed by atoms with Crippen LogP contribution < -0.4 is 5.73 Å². The molecule has 0 aromatic rings. The van der Waals surface area contributed by atoms with E-state index in [1.807, 2.05) is 6.92 Å². The molecule has 14 heavy (non-hydrogen) atoms. The predicted octanol–water partition coefficient (Wildman–Crippen LogP) is 2.50. The zero-order valence-electron chi connectivity index (χ0n) is 10.2. The summed E-state index contributed by atoms with van der Waals surface area (Å²) >= 11 is 0. The Morgan fingerprint density at radius 3 is 2.29 bits per heavy atom. The first-order chi connectivity index (χ1) is 6.47. The lowest BCUT2D eigenvalue weighted by Crippen LogP contribution is -2.16. The van der Waals surface area contributed by atoms with Gasteiger partial charge in [0.05, 0.1) is 0 Å². The second-order valence-electron chi connectivity index (χ2n) is 4.64. The van der Waals surface area contributed by atoms with E-state index in [0.29, 0.717) is 11.6 Å². The zero-order valence-corrected chi connectivity index (χ0v) is 10.2. The molecule has 2 nitrogen and oxygen atoms in total. The zero-order chi connectivity index (χ0) is 10.9. The van der Waals surface area contributed by atoms with E-state index in [9.17, 15) is 0 Å². The summed E-state index contributed by atoms with van der Waals surface area (Å²) in [6.07, 6.45) is 2.23. The van der Waals surface area contributed by atoms with E-state index in [-0.39, 0.29) is 0 Å². The van der Waals surface area contributed by atoms with Crippen molar-refractivity contribution in [2.75, 3.05) is 6.54 Å². The highest BCUT2D eigenvalue weighted by Gasteiger charge is 2.54. The summed E-state index contributed by atoms with van der Waals surface area (Å²) in [6, 6.07) is 0.716. The fraction of sp³-hybridized carbons (Fsp3) is 0.833. The molecule has 0 amide bonds. The van der Waals surface area contributed by atoms with Gasteiger partial charge in [-0.25, -0.2) is 0 Å². The van der Waals surface area contributed by atoms with Crippen molar-refractivity contribution in [3.63, 3.8) is 0 Å². The number of hydrogen-bond donors (Lipinski definition) is 1. The average Bonchev–Trinajstić information content (AvgIpc) is 2.64. The molecule has 3 atom stereocenters. The molecule has 1 fully saturated rings. The maximum atomic E-state index is 5.88. The molecule has 82 valence electrons. The molecule has 1 heterocycles. The smallest absolute Gasteiger partial charge is 0.0375 e. The van der Waals surface area contributed by atoms with Crippen LogP contribution in [-0.2, 0) is 0 Å². The third kappa shape index (κ3) is 1.81. The van der Waals surface area contributed by atoms with Gasteiger partial charge in [-0.3, -0.25) is 4.90 Å². The first-order valence-corrected chi connectivity index (χ1v) is 5.68. The van der Waals surface area contributed by atoms with Gasteiger partial charge in [0.2, 0.25) is 0 Å². The number of hydrogen-bond acceptors (Lipinski definition) is 2. The predicted molar refractivity (Wildman–Crippen MR) is 62.0 cm³/mol. The van der Waals surface area contributed by atoms with Gasteiger partial charge in [-0.15, -0.1) is 0 Å². The molecule has 0 aromatic heterocycles. The SMILES string of the molecule is CC/C(CC1(C)C(C)N1CC)=C(\C)N. The molecular weight excluding hydrogens is 172 g/mol. The lowest BCUT2D eigenvalue weighted by Gasteiger charge is -2.14. The monoisotopic (exact) mass is 196 g/mol. The summed E-state index contributed by atoms with van der Waals surface area (Å²) in [5.41, 5.74) is 8.69. The third-order valence-electron chi connectivity index (χ3n) is 3.85. The van der Waals surface area contributed by atoms with E-state index in [0.717, 1.165) is 25.1 Å². The normalized spacial score (nSPS) is 38.1. The molecule has 0 aromatic carbocycles. The van der Waals surface area contributed by atoms with Crippen molar-refractivity contribution in [2.24, 2.45) is 5.73 Å². The summed E-state index contributed by atoms with van der Waals surface area (Å²) in [5.74, 6) is 0. The second kappa shape index (κ2) is 3.93. The highest BCUT2D eigenvalue weighted by atomic mass is 15.4. The van der Waals surface area contributed by atoms with Crippen LogP contribution in [0.1, 0.15) is 47.5 Å². The quantitative estimate of drug-likeness (QED) is 0.700. The number of allylic oxidation sites excluding steroid dienone is 1. The van der Waals surface area contributed by atoms with Crippen molar-refractivity contribution in [1.29, 1.82) is 0 Å². The number of nitrogens with two attached hydrogens (primary N) is 1. The van der Waals surface area contributed by atoms with Gasteiger partial charge in [0, 0.05) is 17.3 Å². The molecule has 1 saturated heterocycles. The van der Waals surface area contributed by atoms with Gasteiger partial charge in [-0.1, -0.05) is 19.4 Å². The Kier molecular flexibility index (Phi) is 3.25. The molecule has 1 rings (SSSR count). The molecular formula is C12H24N2. The first kappa shape index (κ1) is 11.6. The first-order valence-electron chi connectivity index (χ1n) is 5.68. The van der Waals surface area contributed by atoms with E-state index in [4.69, 9.17) is 5.73 Å². The average molecular weight is 196 g/mol. The maximum absolute atomic E-state index is 5.88. The molecule has 0 spiro atoms. The van der Waals surface area contributed by atoms with E-state index in [2.05, 4.69) is 32.6 Å². The van der Waals surface area contributed by atoms with Crippen molar-refractivity contribution >= 4 is 0 Å². The van der Waals surface area contributed by atoms with Gasteiger partial charge in [0.1, 0.15) is 0 Å². The highest BCUT2D eigenvalue weighted by molar-refractivity contribution is 5.21. The summed E-state index contributed by atoms with van der Waals surface area (Å²) in [7, 11) is 0. The Bertz CT molecular complexity index is 241. The number of likely N-dealkylation sites (N-methyl/N-ethyl adjacent to an activating group) is 1. The topological polar surface area (TPSA) is 29.0 Å². The summed E-state index contributed by atoms with van der Waals surface area (Å²) in [5, 5.41) is 0. The second-order valence-corrected chi connectivity index (χ2v) is 4.64. The minimum absolute atomic E-state index is 0.376. The Labute approximate surface area is 88.2 Å². The fourth-order valence-electron chi connectivity index (χ4n) is 2.55. The minimum Gasteiger partial charge on any atom is -0.402 e. The van der Waals surface area contributed by atoms with E-state index in [1.54, 1.807) is 0 Å². The molecule has 2 heteroatoms. The molecule has 1 aliphatic heterocycles. The van der Waals surface area contributed by atoms with E-state index in [1.165, 1.54) is 5.57 Å². The molecule has 0 radical (unpaired) electrons. The van der Waals surface area contributed by atoms with Crippen LogP contribution in [0.3, 0.4) is 0 Å². The van der Waals surface area contributed by atoms with Crippen molar-refractivity contribution in [3.05, 3.63) is 11.3 Å². The summed E-state index contributed by atoms with van der Waals surface area (Å²) in [4.78, 5) is 2.53. The van der Waals surface area contributed by atoms with Crippen LogP contribution in [0.2, 0.25) is 0 Å². The Morgan fingerprint density at radius 1 is 1.43 bits per heavy atom. The van der Waals surface area contributed by atoms with Crippen LogP contribution in [0.25, 0.3) is 0 Å². The summed E-state index contributed by atoms with van der Waals surface area (Å²) < 4.78 is 0. The van der Waals surface area contributed by atoms with Gasteiger partial charge >= 0.3 is 0 Å². The van der Waals surface area contributed by atoms with E-state index >= 15 is 0 Å². The van der Waals surface area contributed by atoms with Crippen LogP contribution in [0.4, 0.5) is 0 Å². The molecule has 3 unspecified atom stereocenters. The van der Waals surface area contributed by atoms with Crippen LogP contribution in [0.5, 0.6) is 0 Å². The minimum atomic E-state index is 0.376. The van der Waals surface area contributed by atoms with Crippen LogP contribution in [0.15, 0.2) is 11.3 Å². The van der Waals surface area contributed by atoms with Crippen molar-refractivity contribution in [3.8, 4) is 0 Å². The Balaban J connectivity index is 2.66. The van der Waals surface area contributed by atoms with Crippen molar-refractivity contribution in [2.45, 2.75) is 59.0 Å². The van der Waals surface area contributed by atoms with Crippen molar-refractivity contribution < 1.29 is 0 Å². The molecule has 2 N–H and O–H groups in total. The Hall–Kier alpha value is -0.500. The van der Waals surface area contributed by atoms with Gasteiger partial charge in [-0.2, -0.15) is 0 Å². The van der Waals surface area contributed by atoms with Crippen LogP contribution in [-0.4, -0.2) is 23.0 Å². The highest BCUT2D eigenvalue weighted by Crippen LogP contribution is 2.45. The number of rotatable bonds is 4. The summed E-state index contributed by atoms with van der Waals surface area (Å²) in [6.45, 7) is 12.2. The number of nitrogens with zero attached hydrogens (tertiary/aromatic N) is 1. The van der Waals surface area contributed by atoms with Gasteiger partial charge in [0.15, 0.2) is 0 Å². The van der Waals surface area contributed by atoms with Crippen LogP contribution >= 0.6 is 0 Å². The fourth-order valence-corrected chi connectivity index (χ4v) is 2.55. The molecule has 0 bridgehead atoms. The van der Waals surface area contributed by atoms with Crippen molar-refractivity contribution in [1.82, 2.24) is 4.90 Å². The maximum Gasteiger partial charge on any atom is 0.0375 e. The van der Waals surface area contributed by atoms with Gasteiger partial charge in [0.25, 0.3) is 0 Å². The van der Waals surface area contributed by atoms with Gasteiger partial charge < -0.3 is 5.73 Å². The lowest BCUT2D eigenvalue weighted by molar-refractivity contribution is 0.433. The standard InChI is InChI=1S/C12H24N2/c1-6-11(9(3)13)8-12(5)10(4)14(12)7-2/h10H,6-8,13H2,1-5H3/b11-9-. The van der Waals surface area contributed by atoms with Crippen LogP contribution in [0, 0.1) is 0 Å². The third-order valence-corrected chi connectivity index (χ3v) is 3.85. The lowest BCUT2D eigenvalue weighted by atomic mass is 9.95. The molecule has 0 aliphatic carbocycles. The molecule has 0 saturated carbocycles. The molecule has 1 aliphatic rings. The van der Waals surface area contributed by atoms with E-state index < -0.39 is 0 Å². The Morgan fingerprint density at radius 2 is 2.00 bits per heavy atom.